The highest BCUT2D eigenvalue weighted by molar-refractivity contribution is 5.16. The fraction of sp³-hybridized carbons (Fsp3) is 0.900. The number of rotatable bonds is 1. The van der Waals surface area contributed by atoms with Crippen LogP contribution in [0.1, 0.15) is 66.2 Å². The molecule has 3 saturated carbocycles. The first-order valence-corrected chi connectivity index (χ1v) is 9.27. The normalized spacial score (nSPS) is 52.3. The number of fused-ring (bicyclic) bond motifs is 2. The van der Waals surface area contributed by atoms with Crippen molar-refractivity contribution in [1.29, 1.82) is 0 Å². The van der Waals surface area contributed by atoms with Crippen LogP contribution < -0.4 is 0 Å². The van der Waals surface area contributed by atoms with Crippen molar-refractivity contribution in [2.24, 2.45) is 35.0 Å². The van der Waals surface area contributed by atoms with E-state index in [0.29, 0.717) is 17.8 Å². The molecule has 0 heterocycles. The maximum Gasteiger partial charge on any atom is 0.0728 e. The molecule has 0 aromatic rings. The minimum atomic E-state index is -0.708. The van der Waals surface area contributed by atoms with E-state index in [1.807, 2.05) is 0 Å². The second kappa shape index (κ2) is 5.34. The number of allylic oxidation sites excluding steroid dienone is 1. The van der Waals surface area contributed by atoms with E-state index in [9.17, 15) is 10.2 Å². The molecule has 2 heteroatoms. The predicted octanol–water partition coefficient (Wildman–Crippen LogP) is 4.16. The standard InChI is InChI=1S/C20H34O2/c1-12(2)20(22)9-8-19(5)11-16-13(3)6-7-15(16)14(4)10-17(21)18(19)20/h12,14-18,21-22H,3,6-11H2,1-2,4-5H3/t14-,15-,16-,17-,18+,19+,20+/m0/s1. The third kappa shape index (κ3) is 2.29. The number of aliphatic hydroxyl groups excluding tert-OH is 1. The summed E-state index contributed by atoms with van der Waals surface area (Å²) in [4.78, 5) is 0. The summed E-state index contributed by atoms with van der Waals surface area (Å²) in [6, 6.07) is 0. The molecule has 22 heavy (non-hydrogen) atoms. The van der Waals surface area contributed by atoms with Gasteiger partial charge in [0.15, 0.2) is 0 Å². The summed E-state index contributed by atoms with van der Waals surface area (Å²) in [7, 11) is 0. The van der Waals surface area contributed by atoms with Gasteiger partial charge >= 0.3 is 0 Å². The fourth-order valence-corrected chi connectivity index (χ4v) is 6.29. The van der Waals surface area contributed by atoms with Gasteiger partial charge in [-0.25, -0.2) is 0 Å². The van der Waals surface area contributed by atoms with Crippen LogP contribution in [0.5, 0.6) is 0 Å². The average molecular weight is 306 g/mol. The third-order valence-corrected chi connectivity index (χ3v) is 7.64. The van der Waals surface area contributed by atoms with Crippen molar-refractivity contribution >= 4 is 0 Å². The van der Waals surface area contributed by atoms with Crippen molar-refractivity contribution in [3.8, 4) is 0 Å². The first-order chi connectivity index (χ1) is 10.2. The van der Waals surface area contributed by atoms with Gasteiger partial charge in [-0.2, -0.15) is 0 Å². The summed E-state index contributed by atoms with van der Waals surface area (Å²) in [6.45, 7) is 13.2. The molecule has 0 aromatic carbocycles. The lowest BCUT2D eigenvalue weighted by molar-refractivity contribution is -0.126. The zero-order valence-corrected chi connectivity index (χ0v) is 14.8. The summed E-state index contributed by atoms with van der Waals surface area (Å²) in [5, 5.41) is 22.3. The topological polar surface area (TPSA) is 40.5 Å². The molecule has 0 radical (unpaired) electrons. The van der Waals surface area contributed by atoms with Gasteiger partial charge in [0.25, 0.3) is 0 Å². The first-order valence-electron chi connectivity index (χ1n) is 9.27. The quantitative estimate of drug-likeness (QED) is 0.714. The smallest absolute Gasteiger partial charge is 0.0728 e. The van der Waals surface area contributed by atoms with Crippen molar-refractivity contribution in [2.45, 2.75) is 77.9 Å². The van der Waals surface area contributed by atoms with Gasteiger partial charge in [-0.05, 0) is 67.6 Å². The number of aliphatic hydroxyl groups is 2. The molecule has 0 aliphatic heterocycles. The van der Waals surface area contributed by atoms with Crippen LogP contribution in [-0.4, -0.2) is 21.9 Å². The van der Waals surface area contributed by atoms with Crippen LogP contribution in [0.2, 0.25) is 0 Å². The molecule has 126 valence electrons. The zero-order valence-electron chi connectivity index (χ0n) is 14.8. The van der Waals surface area contributed by atoms with Crippen LogP contribution in [0, 0.1) is 35.0 Å². The highest BCUT2D eigenvalue weighted by Gasteiger charge is 2.60. The Balaban J connectivity index is 1.99. The summed E-state index contributed by atoms with van der Waals surface area (Å²) in [5.74, 6) is 2.03. The molecule has 2 nitrogen and oxygen atoms in total. The molecule has 3 aliphatic rings. The molecule has 0 aromatic heterocycles. The van der Waals surface area contributed by atoms with E-state index in [4.69, 9.17) is 0 Å². The van der Waals surface area contributed by atoms with Crippen molar-refractivity contribution in [2.75, 3.05) is 0 Å². The Morgan fingerprint density at radius 1 is 1.27 bits per heavy atom. The summed E-state index contributed by atoms with van der Waals surface area (Å²) in [6.07, 6.45) is 5.85. The van der Waals surface area contributed by atoms with Crippen molar-refractivity contribution in [1.82, 2.24) is 0 Å². The molecule has 0 amide bonds. The average Bonchev–Trinajstić information content (AvgIpc) is 2.89. The van der Waals surface area contributed by atoms with E-state index in [0.717, 1.165) is 32.1 Å². The third-order valence-electron chi connectivity index (χ3n) is 7.64. The van der Waals surface area contributed by atoms with Crippen LogP contribution in [0.4, 0.5) is 0 Å². The van der Waals surface area contributed by atoms with E-state index >= 15 is 0 Å². The molecular weight excluding hydrogens is 272 g/mol. The molecule has 7 atom stereocenters. The monoisotopic (exact) mass is 306 g/mol. The van der Waals surface area contributed by atoms with Crippen LogP contribution >= 0.6 is 0 Å². The Labute approximate surface area is 136 Å². The van der Waals surface area contributed by atoms with Crippen LogP contribution in [0.15, 0.2) is 12.2 Å². The van der Waals surface area contributed by atoms with E-state index < -0.39 is 5.60 Å². The Kier molecular flexibility index (Phi) is 4.01. The second-order valence-electron chi connectivity index (χ2n) is 9.23. The number of hydrogen-bond acceptors (Lipinski definition) is 2. The molecule has 3 aliphatic carbocycles. The Morgan fingerprint density at radius 2 is 1.95 bits per heavy atom. The fourth-order valence-electron chi connectivity index (χ4n) is 6.29. The first kappa shape index (κ1) is 16.5. The lowest BCUT2D eigenvalue weighted by atomic mass is 9.60. The minimum Gasteiger partial charge on any atom is -0.393 e. The van der Waals surface area contributed by atoms with Crippen LogP contribution in [0.3, 0.4) is 0 Å². The van der Waals surface area contributed by atoms with Gasteiger partial charge in [-0.3, -0.25) is 0 Å². The van der Waals surface area contributed by atoms with Crippen molar-refractivity contribution < 1.29 is 10.2 Å². The second-order valence-corrected chi connectivity index (χ2v) is 9.23. The van der Waals surface area contributed by atoms with Gasteiger partial charge in [-0.1, -0.05) is 39.8 Å². The highest BCUT2D eigenvalue weighted by atomic mass is 16.3. The van der Waals surface area contributed by atoms with Crippen molar-refractivity contribution in [3.05, 3.63) is 12.2 Å². The van der Waals surface area contributed by atoms with Gasteiger partial charge in [0.1, 0.15) is 0 Å². The van der Waals surface area contributed by atoms with E-state index in [-0.39, 0.29) is 23.4 Å². The molecule has 3 rings (SSSR count). The summed E-state index contributed by atoms with van der Waals surface area (Å²) >= 11 is 0. The van der Waals surface area contributed by atoms with Crippen molar-refractivity contribution in [3.63, 3.8) is 0 Å². The van der Waals surface area contributed by atoms with Gasteiger partial charge in [0.2, 0.25) is 0 Å². The van der Waals surface area contributed by atoms with E-state index in [1.54, 1.807) is 0 Å². The SMILES string of the molecule is C=C1CC[C@H]2[C@@H](C)C[C@H](O)[C@@H]3[C@](C)(CC[C@@]3(O)C(C)C)C[C@@H]12. The molecule has 3 fully saturated rings. The van der Waals surface area contributed by atoms with Gasteiger partial charge < -0.3 is 10.2 Å². The van der Waals surface area contributed by atoms with Crippen LogP contribution in [0.25, 0.3) is 0 Å². The zero-order chi connectivity index (χ0) is 16.3. The molecule has 0 saturated heterocycles. The molecule has 0 spiro atoms. The Bertz CT molecular complexity index is 457. The summed E-state index contributed by atoms with van der Waals surface area (Å²) in [5.41, 5.74) is 0.767. The van der Waals surface area contributed by atoms with Gasteiger partial charge in [0.05, 0.1) is 11.7 Å². The predicted molar refractivity (Wildman–Crippen MR) is 90.4 cm³/mol. The largest absolute Gasteiger partial charge is 0.393 e. The molecule has 0 bridgehead atoms. The molecule has 0 unspecified atom stereocenters. The Hall–Kier alpha value is -0.340. The van der Waals surface area contributed by atoms with E-state index in [2.05, 4.69) is 34.3 Å². The van der Waals surface area contributed by atoms with Gasteiger partial charge in [0, 0.05) is 5.92 Å². The highest BCUT2D eigenvalue weighted by Crippen LogP contribution is 2.61. The summed E-state index contributed by atoms with van der Waals surface area (Å²) < 4.78 is 0. The lowest BCUT2D eigenvalue weighted by Crippen LogP contribution is -2.51. The minimum absolute atomic E-state index is 0.0109. The van der Waals surface area contributed by atoms with Gasteiger partial charge in [-0.15, -0.1) is 0 Å². The molecule has 2 N–H and O–H groups in total. The number of hydrogen-bond donors (Lipinski definition) is 2. The molecular formula is C20H34O2. The van der Waals surface area contributed by atoms with E-state index in [1.165, 1.54) is 12.0 Å². The Morgan fingerprint density at radius 3 is 2.59 bits per heavy atom. The maximum atomic E-state index is 11.3. The lowest BCUT2D eigenvalue weighted by Gasteiger charge is -2.48. The van der Waals surface area contributed by atoms with Crippen LogP contribution in [-0.2, 0) is 0 Å². The maximum absolute atomic E-state index is 11.3.